The van der Waals surface area contributed by atoms with E-state index in [1.54, 1.807) is 0 Å². The van der Waals surface area contributed by atoms with Gasteiger partial charge in [0.15, 0.2) is 0 Å². The average Bonchev–Trinajstić information content (AvgIpc) is 2.92. The van der Waals surface area contributed by atoms with Gasteiger partial charge in [-0.2, -0.15) is 24.7 Å². The quantitative estimate of drug-likeness (QED) is 0.734. The molecule has 0 bridgehead atoms. The van der Waals surface area contributed by atoms with E-state index in [0.29, 0.717) is 24.9 Å². The van der Waals surface area contributed by atoms with Gasteiger partial charge in [0.25, 0.3) is 5.95 Å². The molecule has 0 amide bonds. The molecule has 2 aromatic rings. The third-order valence-corrected chi connectivity index (χ3v) is 2.69. The highest BCUT2D eigenvalue weighted by Crippen LogP contribution is 2.14. The molecule has 2 heterocycles. The molecule has 0 radical (unpaired) electrons. The first kappa shape index (κ1) is 14.1. The molecular formula is C11H18N8O. The molecule has 0 saturated carbocycles. The van der Waals surface area contributed by atoms with Crippen molar-refractivity contribution in [3.8, 4) is 5.95 Å². The van der Waals surface area contributed by atoms with Gasteiger partial charge in [-0.1, -0.05) is 0 Å². The lowest BCUT2D eigenvalue weighted by molar-refractivity contribution is 0.288. The van der Waals surface area contributed by atoms with E-state index in [-0.39, 0.29) is 18.6 Å². The van der Waals surface area contributed by atoms with Crippen molar-refractivity contribution in [2.75, 3.05) is 23.8 Å². The molecule has 9 heteroatoms. The Kier molecular flexibility index (Phi) is 4.41. The number of nitrogen functional groups attached to an aromatic ring is 1. The van der Waals surface area contributed by atoms with E-state index in [4.69, 9.17) is 10.8 Å². The topological polar surface area (TPSA) is 119 Å². The molecule has 0 aliphatic heterocycles. The van der Waals surface area contributed by atoms with Crippen LogP contribution in [0.2, 0.25) is 0 Å². The lowest BCUT2D eigenvalue weighted by Gasteiger charge is -2.26. The summed E-state index contributed by atoms with van der Waals surface area (Å²) in [4.78, 5) is 18.4. The zero-order chi connectivity index (χ0) is 14.5. The van der Waals surface area contributed by atoms with E-state index in [2.05, 4.69) is 25.0 Å². The van der Waals surface area contributed by atoms with Gasteiger partial charge in [-0.15, -0.1) is 0 Å². The summed E-state index contributed by atoms with van der Waals surface area (Å²) in [5.74, 6) is 0.904. The molecule has 9 nitrogen and oxygen atoms in total. The van der Waals surface area contributed by atoms with Gasteiger partial charge in [-0.05, 0) is 20.3 Å². The maximum absolute atomic E-state index is 8.98. The van der Waals surface area contributed by atoms with Crippen molar-refractivity contribution in [3.05, 3.63) is 12.7 Å². The van der Waals surface area contributed by atoms with Crippen molar-refractivity contribution in [1.82, 2.24) is 29.7 Å². The van der Waals surface area contributed by atoms with Gasteiger partial charge in [0.1, 0.15) is 12.7 Å². The van der Waals surface area contributed by atoms with Gasteiger partial charge in [-0.3, -0.25) is 0 Å². The monoisotopic (exact) mass is 278 g/mol. The van der Waals surface area contributed by atoms with Crippen molar-refractivity contribution >= 4 is 11.9 Å². The highest BCUT2D eigenvalue weighted by Gasteiger charge is 2.16. The molecular weight excluding hydrogens is 260 g/mol. The van der Waals surface area contributed by atoms with Crippen molar-refractivity contribution in [2.45, 2.75) is 26.3 Å². The Hall–Kier alpha value is -2.29. The van der Waals surface area contributed by atoms with Gasteiger partial charge in [-0.25, -0.2) is 4.98 Å². The van der Waals surface area contributed by atoms with Crippen molar-refractivity contribution < 1.29 is 5.11 Å². The number of aliphatic hydroxyl groups is 1. The lowest BCUT2D eigenvalue weighted by atomic mass is 10.3. The van der Waals surface area contributed by atoms with Crippen LogP contribution in [-0.4, -0.2) is 54.0 Å². The van der Waals surface area contributed by atoms with Crippen molar-refractivity contribution in [2.24, 2.45) is 0 Å². The second-order valence-electron chi connectivity index (χ2n) is 4.50. The van der Waals surface area contributed by atoms with Gasteiger partial charge in [0.2, 0.25) is 11.9 Å². The number of hydrogen-bond acceptors (Lipinski definition) is 8. The Labute approximate surface area is 116 Å². The Morgan fingerprint density at radius 3 is 2.75 bits per heavy atom. The molecule has 0 aliphatic rings. The van der Waals surface area contributed by atoms with Gasteiger partial charge in [0, 0.05) is 19.2 Å². The molecule has 20 heavy (non-hydrogen) atoms. The fourth-order valence-corrected chi connectivity index (χ4v) is 1.74. The van der Waals surface area contributed by atoms with Crippen LogP contribution in [0.25, 0.3) is 5.95 Å². The summed E-state index contributed by atoms with van der Waals surface area (Å²) in [5.41, 5.74) is 5.73. The van der Waals surface area contributed by atoms with Crippen LogP contribution in [0.1, 0.15) is 20.3 Å². The first-order chi connectivity index (χ1) is 9.61. The van der Waals surface area contributed by atoms with E-state index in [0.717, 1.165) is 0 Å². The minimum absolute atomic E-state index is 0.111. The van der Waals surface area contributed by atoms with Crippen LogP contribution >= 0.6 is 0 Å². The number of aromatic nitrogens is 6. The largest absolute Gasteiger partial charge is 0.396 e. The second kappa shape index (κ2) is 6.24. The molecule has 0 atom stereocenters. The molecule has 0 unspecified atom stereocenters. The van der Waals surface area contributed by atoms with Gasteiger partial charge < -0.3 is 15.7 Å². The van der Waals surface area contributed by atoms with Crippen molar-refractivity contribution in [1.29, 1.82) is 0 Å². The minimum Gasteiger partial charge on any atom is -0.396 e. The van der Waals surface area contributed by atoms with E-state index < -0.39 is 0 Å². The summed E-state index contributed by atoms with van der Waals surface area (Å²) >= 11 is 0. The number of rotatable bonds is 6. The summed E-state index contributed by atoms with van der Waals surface area (Å²) in [5, 5.41) is 13.0. The Bertz CT molecular complexity index is 541. The molecule has 0 aromatic carbocycles. The normalized spacial score (nSPS) is 11.0. The van der Waals surface area contributed by atoms with Crippen LogP contribution in [0.4, 0.5) is 11.9 Å². The third-order valence-electron chi connectivity index (χ3n) is 2.69. The molecule has 0 fully saturated rings. The van der Waals surface area contributed by atoms with Crippen molar-refractivity contribution in [3.63, 3.8) is 0 Å². The summed E-state index contributed by atoms with van der Waals surface area (Å²) in [7, 11) is 0. The molecule has 0 saturated heterocycles. The first-order valence-corrected chi connectivity index (χ1v) is 6.36. The second-order valence-corrected chi connectivity index (χ2v) is 4.50. The van der Waals surface area contributed by atoms with Crippen LogP contribution in [0.5, 0.6) is 0 Å². The maximum atomic E-state index is 8.98. The fourth-order valence-electron chi connectivity index (χ4n) is 1.74. The average molecular weight is 278 g/mol. The van der Waals surface area contributed by atoms with E-state index in [1.165, 1.54) is 17.3 Å². The summed E-state index contributed by atoms with van der Waals surface area (Å²) < 4.78 is 1.42. The smallest absolute Gasteiger partial charge is 0.258 e. The molecule has 2 rings (SSSR count). The molecule has 3 N–H and O–H groups in total. The molecule has 2 aromatic heterocycles. The number of hydrogen-bond donors (Lipinski definition) is 2. The van der Waals surface area contributed by atoms with Crippen LogP contribution in [-0.2, 0) is 0 Å². The molecule has 108 valence electrons. The van der Waals surface area contributed by atoms with Crippen LogP contribution in [0.3, 0.4) is 0 Å². The Morgan fingerprint density at radius 2 is 2.15 bits per heavy atom. The minimum atomic E-state index is 0.111. The molecule has 0 aliphatic carbocycles. The number of anilines is 2. The van der Waals surface area contributed by atoms with Gasteiger partial charge in [0.05, 0.1) is 0 Å². The van der Waals surface area contributed by atoms with Gasteiger partial charge >= 0.3 is 0 Å². The van der Waals surface area contributed by atoms with Crippen LogP contribution in [0.15, 0.2) is 12.7 Å². The zero-order valence-electron chi connectivity index (χ0n) is 11.5. The predicted molar refractivity (Wildman–Crippen MR) is 73.3 cm³/mol. The third kappa shape index (κ3) is 3.18. The predicted octanol–water partition coefficient (Wildman–Crippen LogP) is -0.368. The highest BCUT2D eigenvalue weighted by atomic mass is 16.3. The Morgan fingerprint density at radius 1 is 1.35 bits per heavy atom. The molecule has 0 spiro atoms. The fraction of sp³-hybridized carbons (Fsp3) is 0.545. The summed E-state index contributed by atoms with van der Waals surface area (Å²) in [6, 6.07) is 0.173. The van der Waals surface area contributed by atoms with E-state index >= 15 is 0 Å². The van der Waals surface area contributed by atoms with Crippen LogP contribution < -0.4 is 10.6 Å². The number of nitrogens with zero attached hydrogens (tertiary/aromatic N) is 7. The maximum Gasteiger partial charge on any atom is 0.258 e. The highest BCUT2D eigenvalue weighted by molar-refractivity contribution is 5.38. The lowest BCUT2D eigenvalue weighted by Crippen LogP contribution is -2.34. The summed E-state index contributed by atoms with van der Waals surface area (Å²) in [6.07, 6.45) is 3.51. The van der Waals surface area contributed by atoms with E-state index in [1.807, 2.05) is 18.7 Å². The standard InChI is InChI=1S/C11H18N8O/c1-8(2)18(4-3-5-20)10-15-9(12)16-11(17-10)19-7-13-6-14-19/h6-8,20H,3-5H2,1-2H3,(H2,12,15,16,17). The number of nitrogens with two attached hydrogens (primary N) is 1. The van der Waals surface area contributed by atoms with Crippen LogP contribution in [0, 0.1) is 0 Å². The SMILES string of the molecule is CC(C)N(CCCO)c1nc(N)nc(-n2cncn2)n1. The Balaban J connectivity index is 2.34. The summed E-state index contributed by atoms with van der Waals surface area (Å²) in [6.45, 7) is 4.78. The van der Waals surface area contributed by atoms with E-state index in [9.17, 15) is 0 Å². The zero-order valence-corrected chi connectivity index (χ0v) is 11.5. The first-order valence-electron chi connectivity index (χ1n) is 6.36. The number of aliphatic hydroxyl groups excluding tert-OH is 1.